The molecule has 122 valence electrons. The van der Waals surface area contributed by atoms with Crippen LogP contribution in [0.4, 0.5) is 13.2 Å². The van der Waals surface area contributed by atoms with Gasteiger partial charge in [0.15, 0.2) is 0 Å². The number of pyridine rings is 1. The molecule has 0 amide bonds. The first-order chi connectivity index (χ1) is 10.6. The number of rotatable bonds is 3. The van der Waals surface area contributed by atoms with Gasteiger partial charge >= 0.3 is 12.1 Å². The maximum absolute atomic E-state index is 12.9. The molecule has 2 aromatic rings. The fraction of sp³-hybridized carbons (Fsp3) is 0.143. The zero-order valence-electron chi connectivity index (χ0n) is 11.1. The van der Waals surface area contributed by atoms with Crippen molar-refractivity contribution in [2.75, 3.05) is 0 Å². The number of aliphatic carboxylic acids is 1. The lowest BCUT2D eigenvalue weighted by molar-refractivity contribution is -0.137. The number of carboxylic acids is 1. The lowest BCUT2D eigenvalue weighted by Crippen LogP contribution is -2.10. The highest BCUT2D eigenvalue weighted by Crippen LogP contribution is 2.39. The molecule has 0 fully saturated rings. The van der Waals surface area contributed by atoms with E-state index in [0.717, 1.165) is 6.07 Å². The first kappa shape index (κ1) is 17.8. The monoisotopic (exact) mass is 383 g/mol. The Morgan fingerprint density at radius 2 is 1.65 bits per heavy atom. The minimum absolute atomic E-state index is 0.0344. The maximum atomic E-state index is 12.9. The van der Waals surface area contributed by atoms with Gasteiger partial charge in [-0.15, -0.1) is 0 Å². The predicted octanol–water partition coefficient (Wildman–Crippen LogP) is 5.35. The minimum Gasteiger partial charge on any atom is -0.481 e. The van der Waals surface area contributed by atoms with Crippen molar-refractivity contribution >= 4 is 40.8 Å². The predicted molar refractivity (Wildman–Crippen MR) is 81.0 cm³/mol. The van der Waals surface area contributed by atoms with Gasteiger partial charge in [0.2, 0.25) is 0 Å². The Morgan fingerprint density at radius 1 is 1.04 bits per heavy atom. The number of halogens is 6. The molecule has 1 aromatic carbocycles. The zero-order valence-corrected chi connectivity index (χ0v) is 13.4. The van der Waals surface area contributed by atoms with Crippen molar-refractivity contribution in [3.05, 3.63) is 50.7 Å². The van der Waals surface area contributed by atoms with Gasteiger partial charge < -0.3 is 5.11 Å². The molecule has 0 aliphatic rings. The van der Waals surface area contributed by atoms with E-state index in [1.54, 1.807) is 0 Å². The van der Waals surface area contributed by atoms with Gasteiger partial charge in [-0.25, -0.2) is 0 Å². The number of hydrogen-bond acceptors (Lipinski definition) is 2. The molecular weight excluding hydrogens is 378 g/mol. The maximum Gasteiger partial charge on any atom is 0.417 e. The molecule has 1 heterocycles. The van der Waals surface area contributed by atoms with Crippen molar-refractivity contribution < 1.29 is 23.1 Å². The third kappa shape index (κ3) is 4.07. The molecule has 1 aromatic heterocycles. The van der Waals surface area contributed by atoms with E-state index in [0.29, 0.717) is 6.20 Å². The number of hydrogen-bond donors (Lipinski definition) is 1. The van der Waals surface area contributed by atoms with Crippen molar-refractivity contribution in [1.29, 1.82) is 0 Å². The van der Waals surface area contributed by atoms with Crippen LogP contribution in [0.25, 0.3) is 11.1 Å². The molecule has 0 bridgehead atoms. The number of benzene rings is 1. The van der Waals surface area contributed by atoms with E-state index in [2.05, 4.69) is 4.98 Å². The largest absolute Gasteiger partial charge is 0.481 e. The SMILES string of the molecule is O=C(O)Cc1ncc(C(F)(F)F)cc1-c1cc(Cl)c(Cl)cc1Cl. The quantitative estimate of drug-likeness (QED) is 0.725. The molecule has 0 aliphatic heterocycles. The van der Waals surface area contributed by atoms with Crippen LogP contribution in [-0.2, 0) is 17.4 Å². The van der Waals surface area contributed by atoms with Crippen LogP contribution >= 0.6 is 34.8 Å². The van der Waals surface area contributed by atoms with Crippen LogP contribution in [0.3, 0.4) is 0 Å². The van der Waals surface area contributed by atoms with Gasteiger partial charge in [-0.1, -0.05) is 34.8 Å². The Labute approximate surface area is 143 Å². The normalized spacial score (nSPS) is 11.6. The number of carbonyl (C=O) groups is 1. The van der Waals surface area contributed by atoms with Crippen LogP contribution in [0.15, 0.2) is 24.4 Å². The fourth-order valence-corrected chi connectivity index (χ4v) is 2.54. The lowest BCUT2D eigenvalue weighted by Gasteiger charge is -2.14. The first-order valence-corrected chi connectivity index (χ1v) is 7.16. The highest BCUT2D eigenvalue weighted by Gasteiger charge is 2.32. The number of carboxylic acid groups (broad SMARTS) is 1. The lowest BCUT2D eigenvalue weighted by atomic mass is 10.00. The van der Waals surface area contributed by atoms with Gasteiger partial charge in [0.05, 0.1) is 32.7 Å². The average Bonchev–Trinajstić information content (AvgIpc) is 2.41. The van der Waals surface area contributed by atoms with Gasteiger partial charge in [0, 0.05) is 17.3 Å². The molecule has 23 heavy (non-hydrogen) atoms. The molecule has 0 spiro atoms. The van der Waals surface area contributed by atoms with Gasteiger partial charge in [0.25, 0.3) is 0 Å². The number of aromatic nitrogens is 1. The van der Waals surface area contributed by atoms with E-state index in [-0.39, 0.29) is 31.9 Å². The summed E-state index contributed by atoms with van der Waals surface area (Å²) in [5.41, 5.74) is -1.03. The summed E-state index contributed by atoms with van der Waals surface area (Å²) in [5.74, 6) is -1.24. The van der Waals surface area contributed by atoms with Crippen molar-refractivity contribution in [2.24, 2.45) is 0 Å². The number of alkyl halides is 3. The summed E-state index contributed by atoms with van der Waals surface area (Å²) in [4.78, 5) is 14.5. The molecule has 0 atom stereocenters. The van der Waals surface area contributed by atoms with Crippen molar-refractivity contribution in [2.45, 2.75) is 12.6 Å². The van der Waals surface area contributed by atoms with Crippen LogP contribution < -0.4 is 0 Å². The topological polar surface area (TPSA) is 50.2 Å². The smallest absolute Gasteiger partial charge is 0.417 e. The fourth-order valence-electron chi connectivity index (χ4n) is 1.89. The third-order valence-corrected chi connectivity index (χ3v) is 3.95. The van der Waals surface area contributed by atoms with E-state index in [4.69, 9.17) is 39.9 Å². The Hall–Kier alpha value is -1.50. The summed E-state index contributed by atoms with van der Waals surface area (Å²) in [6, 6.07) is 3.33. The molecule has 2 rings (SSSR count). The standard InChI is InChI=1S/C14H7Cl3F3NO2/c15-9-3-11(17)10(16)2-7(9)8-1-6(14(18,19)20)5-21-12(8)4-13(22)23/h1-3,5H,4H2,(H,22,23). The second-order valence-electron chi connectivity index (χ2n) is 4.53. The second kappa shape index (κ2) is 6.55. The summed E-state index contributed by atoms with van der Waals surface area (Å²) in [6.45, 7) is 0. The summed E-state index contributed by atoms with van der Waals surface area (Å²) in [6.07, 6.45) is -4.62. The Balaban J connectivity index is 2.71. The Bertz CT molecular complexity index is 779. The molecule has 1 N–H and O–H groups in total. The first-order valence-electron chi connectivity index (χ1n) is 6.02. The average molecular weight is 385 g/mol. The molecule has 0 saturated heterocycles. The van der Waals surface area contributed by atoms with E-state index in [1.807, 2.05) is 0 Å². The molecule has 3 nitrogen and oxygen atoms in total. The highest BCUT2D eigenvalue weighted by molar-refractivity contribution is 6.44. The minimum atomic E-state index is -4.63. The van der Waals surface area contributed by atoms with E-state index >= 15 is 0 Å². The van der Waals surface area contributed by atoms with Gasteiger partial charge in [0.1, 0.15) is 0 Å². The van der Waals surface area contributed by atoms with Crippen LogP contribution in [0, 0.1) is 0 Å². The molecule has 0 radical (unpaired) electrons. The van der Waals surface area contributed by atoms with Crippen molar-refractivity contribution in [1.82, 2.24) is 4.98 Å². The van der Waals surface area contributed by atoms with E-state index < -0.39 is 24.1 Å². The molecular formula is C14H7Cl3F3NO2. The van der Waals surface area contributed by atoms with E-state index in [9.17, 15) is 18.0 Å². The van der Waals surface area contributed by atoms with Crippen molar-refractivity contribution in [3.63, 3.8) is 0 Å². The van der Waals surface area contributed by atoms with Gasteiger partial charge in [-0.2, -0.15) is 13.2 Å². The summed E-state index contributed by atoms with van der Waals surface area (Å²) in [7, 11) is 0. The summed E-state index contributed by atoms with van der Waals surface area (Å²) in [5, 5.41) is 9.13. The zero-order chi connectivity index (χ0) is 17.4. The molecule has 9 heteroatoms. The summed E-state index contributed by atoms with van der Waals surface area (Å²) < 4.78 is 38.7. The highest BCUT2D eigenvalue weighted by atomic mass is 35.5. The second-order valence-corrected chi connectivity index (χ2v) is 5.75. The van der Waals surface area contributed by atoms with Crippen LogP contribution in [0.1, 0.15) is 11.3 Å². The Kier molecular flexibility index (Phi) is 5.08. The third-order valence-electron chi connectivity index (χ3n) is 2.92. The van der Waals surface area contributed by atoms with Crippen LogP contribution in [0.2, 0.25) is 15.1 Å². The summed E-state index contributed by atoms with van der Waals surface area (Å²) >= 11 is 17.7. The number of nitrogens with zero attached hydrogens (tertiary/aromatic N) is 1. The molecule has 0 aliphatic carbocycles. The Morgan fingerprint density at radius 3 is 2.22 bits per heavy atom. The van der Waals surface area contributed by atoms with Gasteiger partial charge in [-0.3, -0.25) is 9.78 Å². The van der Waals surface area contributed by atoms with Crippen LogP contribution in [0.5, 0.6) is 0 Å². The van der Waals surface area contributed by atoms with E-state index in [1.165, 1.54) is 12.1 Å². The van der Waals surface area contributed by atoms with Crippen LogP contribution in [-0.4, -0.2) is 16.1 Å². The van der Waals surface area contributed by atoms with Gasteiger partial charge in [-0.05, 0) is 18.2 Å². The molecule has 0 unspecified atom stereocenters. The molecule has 0 saturated carbocycles. The van der Waals surface area contributed by atoms with Crippen molar-refractivity contribution in [3.8, 4) is 11.1 Å².